The van der Waals surface area contributed by atoms with Gasteiger partial charge in [-0.05, 0) is 18.9 Å². The number of carbonyl (C=O) groups is 2. The van der Waals surface area contributed by atoms with E-state index in [-0.39, 0.29) is 0 Å². The predicted molar refractivity (Wildman–Crippen MR) is 96.6 cm³/mol. The highest BCUT2D eigenvalue weighted by Gasteiger charge is 2.32. The second-order valence-corrected chi connectivity index (χ2v) is 4.84. The Balaban J connectivity index is 0. The van der Waals surface area contributed by atoms with Crippen LogP contribution < -0.4 is 0 Å². The molecular weight excluding hydrogens is 365 g/mol. The Morgan fingerprint density at radius 1 is 1.30 bits per heavy atom. The van der Waals surface area contributed by atoms with Crippen molar-refractivity contribution in [1.29, 1.82) is 0 Å². The number of aromatic nitrogens is 2. The van der Waals surface area contributed by atoms with Gasteiger partial charge in [-0.15, -0.1) is 13.2 Å². The molecule has 27 heavy (non-hydrogen) atoms. The van der Waals surface area contributed by atoms with Crippen LogP contribution in [-0.2, 0) is 14.3 Å². The fraction of sp³-hybridized carbons (Fsp3) is 0.389. The van der Waals surface area contributed by atoms with E-state index in [0.29, 0.717) is 6.08 Å². The number of allylic oxidation sites excluding steroid dienone is 1. The number of hydrogen-bond acceptors (Lipinski definition) is 4. The van der Waals surface area contributed by atoms with Crippen LogP contribution >= 0.6 is 0 Å². The van der Waals surface area contributed by atoms with Gasteiger partial charge in [-0.1, -0.05) is 45.4 Å². The summed E-state index contributed by atoms with van der Waals surface area (Å²) in [6.07, 6.45) is 9.28. The van der Waals surface area contributed by atoms with Gasteiger partial charge in [0.25, 0.3) is 0 Å². The molecule has 152 valence electrons. The van der Waals surface area contributed by atoms with Crippen LogP contribution in [0.2, 0.25) is 0 Å². The van der Waals surface area contributed by atoms with Crippen molar-refractivity contribution in [2.24, 2.45) is 0 Å². The molecule has 0 saturated carbocycles. The minimum absolute atomic E-state index is 0.438. The maximum atomic E-state index is 11.0. The third-order valence-electron chi connectivity index (χ3n) is 2.58. The van der Waals surface area contributed by atoms with Gasteiger partial charge in [-0.25, -0.2) is 14.6 Å². The first-order valence-corrected chi connectivity index (χ1v) is 8.09. The fourth-order valence-corrected chi connectivity index (χ4v) is 1.42. The number of carboxylic acid groups (broad SMARTS) is 1. The Morgan fingerprint density at radius 3 is 2.30 bits per heavy atom. The number of aliphatic carboxylic acids is 1. The van der Waals surface area contributed by atoms with Crippen LogP contribution in [0.15, 0.2) is 43.8 Å². The lowest BCUT2D eigenvalue weighted by atomic mass is 10.1. The molecule has 0 spiro atoms. The van der Waals surface area contributed by atoms with Gasteiger partial charge in [0.05, 0.1) is 0 Å². The van der Waals surface area contributed by atoms with E-state index in [1.807, 2.05) is 0 Å². The fourth-order valence-electron chi connectivity index (χ4n) is 1.42. The molecule has 0 aromatic carbocycles. The normalized spacial score (nSPS) is 10.1. The Labute approximate surface area is 156 Å². The third-order valence-corrected chi connectivity index (χ3v) is 2.58. The molecule has 0 aliphatic carbocycles. The number of ether oxygens (including phenoxy) is 1. The molecule has 0 atom stereocenters. The van der Waals surface area contributed by atoms with Gasteiger partial charge in [0.15, 0.2) is 0 Å². The lowest BCUT2D eigenvalue weighted by Crippen LogP contribution is -2.17. The molecule has 1 aromatic rings. The molecule has 1 aromatic heterocycles. The standard InChI is InChI=1S/C9H16O2.C5H6N2.C4H3F3O2/c1-2-3-4-5-6-7-8-9(10)11;1-2-5-6-3-4-7-5;1-2-3(8)9-4(5,6)7/h7-8H,2-6H2,1H3,(H,10,11);2-4H,1H2,(H,6,7);2H,1H2. The number of hydrogen-bond donors (Lipinski definition) is 2. The summed E-state index contributed by atoms with van der Waals surface area (Å²) < 4.78 is 35.8. The summed E-state index contributed by atoms with van der Waals surface area (Å²) in [6.45, 7) is 8.44. The molecule has 0 unspecified atom stereocenters. The number of unbranched alkanes of at least 4 members (excludes halogenated alkanes) is 4. The van der Waals surface area contributed by atoms with E-state index >= 15 is 0 Å². The summed E-state index contributed by atoms with van der Waals surface area (Å²) in [5.41, 5.74) is 0. The summed E-state index contributed by atoms with van der Waals surface area (Å²) >= 11 is 0. The third kappa shape index (κ3) is 23.2. The summed E-state index contributed by atoms with van der Waals surface area (Å²) in [5.74, 6) is -1.53. The molecule has 2 N–H and O–H groups in total. The predicted octanol–water partition coefficient (Wildman–Crippen LogP) is 4.89. The Morgan fingerprint density at radius 2 is 1.96 bits per heavy atom. The highest BCUT2D eigenvalue weighted by Crippen LogP contribution is 2.15. The smallest absolute Gasteiger partial charge is 0.478 e. The lowest BCUT2D eigenvalue weighted by molar-refractivity contribution is -0.302. The molecule has 0 radical (unpaired) electrons. The van der Waals surface area contributed by atoms with Crippen LogP contribution in [0.3, 0.4) is 0 Å². The van der Waals surface area contributed by atoms with Crippen molar-refractivity contribution in [2.45, 2.75) is 45.4 Å². The van der Waals surface area contributed by atoms with Crippen molar-refractivity contribution in [3.63, 3.8) is 0 Å². The summed E-state index contributed by atoms with van der Waals surface area (Å²) in [4.78, 5) is 26.5. The van der Waals surface area contributed by atoms with Crippen LogP contribution in [0.5, 0.6) is 0 Å². The van der Waals surface area contributed by atoms with Crippen molar-refractivity contribution >= 4 is 18.0 Å². The molecule has 0 bridgehead atoms. The number of halogens is 3. The van der Waals surface area contributed by atoms with Gasteiger partial charge in [-0.3, -0.25) is 0 Å². The van der Waals surface area contributed by atoms with Gasteiger partial charge >= 0.3 is 18.3 Å². The molecule has 0 fully saturated rings. The second kappa shape index (κ2) is 16.6. The van der Waals surface area contributed by atoms with E-state index in [4.69, 9.17) is 5.11 Å². The van der Waals surface area contributed by atoms with Crippen molar-refractivity contribution in [3.05, 3.63) is 49.6 Å². The van der Waals surface area contributed by atoms with Gasteiger partial charge in [-0.2, -0.15) is 0 Å². The van der Waals surface area contributed by atoms with Crippen LogP contribution in [0, 0.1) is 0 Å². The van der Waals surface area contributed by atoms with Crippen LogP contribution in [0.25, 0.3) is 6.08 Å². The number of carboxylic acids is 1. The summed E-state index contributed by atoms with van der Waals surface area (Å²) in [7, 11) is 0. The van der Waals surface area contributed by atoms with Gasteiger partial charge in [0, 0.05) is 24.5 Å². The number of rotatable bonds is 8. The Hall–Kier alpha value is -2.84. The zero-order chi connectivity index (χ0) is 21.1. The Kier molecular flexibility index (Phi) is 16.2. The maximum absolute atomic E-state index is 11.0. The zero-order valence-electron chi connectivity index (χ0n) is 15.2. The zero-order valence-corrected chi connectivity index (χ0v) is 15.2. The first-order chi connectivity index (χ1) is 12.7. The average molecular weight is 390 g/mol. The number of nitrogens with zero attached hydrogens (tertiary/aromatic N) is 1. The van der Waals surface area contributed by atoms with Crippen LogP contribution in [0.4, 0.5) is 13.2 Å². The highest BCUT2D eigenvalue weighted by molar-refractivity contribution is 5.81. The molecule has 0 aliphatic rings. The number of carbonyl (C=O) groups excluding carboxylic acids is 1. The van der Waals surface area contributed by atoms with Crippen molar-refractivity contribution in [1.82, 2.24) is 9.97 Å². The Bertz CT molecular complexity index is 568. The van der Waals surface area contributed by atoms with E-state index in [9.17, 15) is 22.8 Å². The molecule has 0 aliphatic heterocycles. The molecule has 0 saturated heterocycles. The minimum Gasteiger partial charge on any atom is -0.478 e. The average Bonchev–Trinajstić information content (AvgIpc) is 3.11. The van der Waals surface area contributed by atoms with Crippen LogP contribution in [-0.4, -0.2) is 33.4 Å². The quantitative estimate of drug-likeness (QED) is 0.375. The number of imidazole rings is 1. The largest absolute Gasteiger partial charge is 0.575 e. The summed E-state index contributed by atoms with van der Waals surface area (Å²) in [6, 6.07) is 0. The van der Waals surface area contributed by atoms with E-state index in [0.717, 1.165) is 18.7 Å². The van der Waals surface area contributed by atoms with Crippen LogP contribution in [0.1, 0.15) is 44.9 Å². The number of H-pyrrole nitrogens is 1. The molecule has 0 amide bonds. The number of nitrogens with one attached hydrogen (secondary N) is 1. The molecule has 6 nitrogen and oxygen atoms in total. The number of aromatic amines is 1. The minimum atomic E-state index is -4.90. The van der Waals surface area contributed by atoms with E-state index in [2.05, 4.69) is 34.8 Å². The second-order valence-electron chi connectivity index (χ2n) is 4.84. The molecule has 1 heterocycles. The molecule has 1 rings (SSSR count). The maximum Gasteiger partial charge on any atom is 0.575 e. The molecule has 9 heteroatoms. The highest BCUT2D eigenvalue weighted by atomic mass is 19.4. The SMILES string of the molecule is C=CC(=O)OC(F)(F)F.C=Cc1ncc[nH]1.CCCCCCC=CC(=O)O. The van der Waals surface area contributed by atoms with Gasteiger partial charge < -0.3 is 14.8 Å². The van der Waals surface area contributed by atoms with Gasteiger partial charge in [0.1, 0.15) is 5.82 Å². The van der Waals surface area contributed by atoms with E-state index in [1.165, 1.54) is 25.3 Å². The number of esters is 1. The van der Waals surface area contributed by atoms with Gasteiger partial charge in [0.2, 0.25) is 0 Å². The van der Waals surface area contributed by atoms with Crippen molar-refractivity contribution < 1.29 is 32.6 Å². The van der Waals surface area contributed by atoms with E-state index in [1.54, 1.807) is 24.5 Å². The lowest BCUT2D eigenvalue weighted by Gasteiger charge is -2.02. The topological polar surface area (TPSA) is 92.3 Å². The van der Waals surface area contributed by atoms with E-state index < -0.39 is 18.3 Å². The number of alkyl halides is 3. The van der Waals surface area contributed by atoms with Crippen molar-refractivity contribution in [3.8, 4) is 0 Å². The first-order valence-electron chi connectivity index (χ1n) is 8.09. The molecular formula is C18H25F3N2O4. The van der Waals surface area contributed by atoms with Crippen molar-refractivity contribution in [2.75, 3.05) is 0 Å². The summed E-state index contributed by atoms with van der Waals surface area (Å²) in [5, 5.41) is 8.23. The monoisotopic (exact) mass is 390 g/mol. The first kappa shape index (κ1) is 26.4.